The summed E-state index contributed by atoms with van der Waals surface area (Å²) in [5.74, 6) is -1.98. The maximum atomic E-state index is 13.2. The highest BCUT2D eigenvalue weighted by atomic mass is 16.5. The van der Waals surface area contributed by atoms with E-state index in [0.29, 0.717) is 16.9 Å². The number of anilines is 1. The second-order valence-corrected chi connectivity index (χ2v) is 6.42. The molecule has 0 saturated heterocycles. The first-order valence-corrected chi connectivity index (χ1v) is 8.59. The minimum absolute atomic E-state index is 0.140. The fourth-order valence-corrected chi connectivity index (χ4v) is 3.15. The minimum Gasteiger partial charge on any atom is -0.478 e. The van der Waals surface area contributed by atoms with Crippen LogP contribution in [0.4, 0.5) is 5.69 Å². The van der Waals surface area contributed by atoms with Gasteiger partial charge in [0.1, 0.15) is 0 Å². The predicted molar refractivity (Wildman–Crippen MR) is 105 cm³/mol. The molecule has 28 heavy (non-hydrogen) atoms. The number of rotatable bonds is 4. The lowest BCUT2D eigenvalue weighted by molar-refractivity contribution is -0.136. The summed E-state index contributed by atoms with van der Waals surface area (Å²) in [6.07, 6.45) is 1.57. The maximum absolute atomic E-state index is 13.2. The number of nitrogens with zero attached hydrogens (tertiary/aromatic N) is 1. The Hall–Kier alpha value is -3.67. The lowest BCUT2D eigenvalue weighted by atomic mass is 10.0. The van der Waals surface area contributed by atoms with Gasteiger partial charge in [-0.25, -0.2) is 9.59 Å². The molecule has 0 fully saturated rings. The highest BCUT2D eigenvalue weighted by Crippen LogP contribution is 2.35. The topological polar surface area (TPSA) is 83.9 Å². The second kappa shape index (κ2) is 7.52. The highest BCUT2D eigenvalue weighted by molar-refractivity contribution is 6.23. The van der Waals surface area contributed by atoms with E-state index in [1.54, 1.807) is 31.2 Å². The summed E-state index contributed by atoms with van der Waals surface area (Å²) in [4.78, 5) is 38.0. The average molecular weight is 377 g/mol. The number of ether oxygens (including phenoxy) is 1. The Balaban J connectivity index is 2.10. The third kappa shape index (κ3) is 3.44. The molecule has 1 N–H and O–H groups in total. The number of carbonyl (C=O) groups excluding carboxylic acids is 2. The predicted octanol–water partition coefficient (Wildman–Crippen LogP) is 3.57. The molecule has 0 bridgehead atoms. The van der Waals surface area contributed by atoms with Crippen LogP contribution in [0, 0.1) is 6.92 Å². The van der Waals surface area contributed by atoms with Crippen molar-refractivity contribution < 1.29 is 24.2 Å². The molecule has 0 atom stereocenters. The molecule has 1 amide bonds. The summed E-state index contributed by atoms with van der Waals surface area (Å²) in [6, 6.07) is 13.5. The summed E-state index contributed by atoms with van der Waals surface area (Å²) in [6.45, 7) is 3.62. The number of carboxylic acid groups (broad SMARTS) is 1. The van der Waals surface area contributed by atoms with Crippen LogP contribution in [0.1, 0.15) is 28.4 Å². The van der Waals surface area contributed by atoms with Crippen molar-refractivity contribution in [3.05, 3.63) is 82.1 Å². The van der Waals surface area contributed by atoms with E-state index >= 15 is 0 Å². The SMILES string of the molecule is COC(=O)C1=C(C)N(c2cccc(C)c2)C(=O)/C1=C/c1ccc(C(=O)O)cc1. The normalized spacial score (nSPS) is 15.3. The average Bonchev–Trinajstić information content (AvgIpc) is 2.91. The molecule has 142 valence electrons. The molecular formula is C22H19NO5. The smallest absolute Gasteiger partial charge is 0.340 e. The van der Waals surface area contributed by atoms with Crippen molar-refractivity contribution in [3.8, 4) is 0 Å². The molecule has 6 nitrogen and oxygen atoms in total. The highest BCUT2D eigenvalue weighted by Gasteiger charge is 2.37. The minimum atomic E-state index is -1.03. The molecule has 3 rings (SSSR count). The molecule has 0 unspecified atom stereocenters. The molecule has 2 aromatic carbocycles. The van der Waals surface area contributed by atoms with Crippen molar-refractivity contribution in [1.29, 1.82) is 0 Å². The van der Waals surface area contributed by atoms with Gasteiger partial charge in [0, 0.05) is 11.4 Å². The molecule has 1 aliphatic heterocycles. The molecular weight excluding hydrogens is 358 g/mol. The van der Waals surface area contributed by atoms with Crippen LogP contribution in [0.3, 0.4) is 0 Å². The number of esters is 1. The van der Waals surface area contributed by atoms with Crippen LogP contribution in [0.25, 0.3) is 6.08 Å². The molecule has 6 heteroatoms. The molecule has 2 aromatic rings. The monoisotopic (exact) mass is 377 g/mol. The third-order valence-electron chi connectivity index (χ3n) is 4.52. The van der Waals surface area contributed by atoms with Gasteiger partial charge in [0.05, 0.1) is 23.8 Å². The lowest BCUT2D eigenvalue weighted by Crippen LogP contribution is -2.24. The zero-order valence-corrected chi connectivity index (χ0v) is 15.7. The molecule has 0 spiro atoms. The lowest BCUT2D eigenvalue weighted by Gasteiger charge is -2.18. The molecule has 0 saturated carbocycles. The summed E-state index contributed by atoms with van der Waals surface area (Å²) >= 11 is 0. The van der Waals surface area contributed by atoms with Gasteiger partial charge in [-0.15, -0.1) is 0 Å². The first-order chi connectivity index (χ1) is 13.3. The summed E-state index contributed by atoms with van der Waals surface area (Å²) < 4.78 is 4.89. The second-order valence-electron chi connectivity index (χ2n) is 6.42. The van der Waals surface area contributed by atoms with Gasteiger partial charge in [-0.3, -0.25) is 9.69 Å². The number of hydrogen-bond acceptors (Lipinski definition) is 4. The van der Waals surface area contributed by atoms with E-state index in [0.717, 1.165) is 5.56 Å². The number of hydrogen-bond donors (Lipinski definition) is 1. The number of methoxy groups -OCH3 is 1. The van der Waals surface area contributed by atoms with Crippen molar-refractivity contribution in [2.24, 2.45) is 0 Å². The van der Waals surface area contributed by atoms with E-state index in [-0.39, 0.29) is 22.6 Å². The van der Waals surface area contributed by atoms with Gasteiger partial charge in [0.25, 0.3) is 5.91 Å². The van der Waals surface area contributed by atoms with Gasteiger partial charge in [-0.05, 0) is 55.3 Å². The van der Waals surface area contributed by atoms with Crippen LogP contribution in [-0.2, 0) is 14.3 Å². The number of amides is 1. The van der Waals surface area contributed by atoms with Crippen molar-refractivity contribution in [2.75, 3.05) is 12.0 Å². The quantitative estimate of drug-likeness (QED) is 0.650. The number of aryl methyl sites for hydroxylation is 1. The van der Waals surface area contributed by atoms with Crippen LogP contribution >= 0.6 is 0 Å². The Morgan fingerprint density at radius 2 is 1.75 bits per heavy atom. The molecule has 0 aliphatic carbocycles. The molecule has 0 radical (unpaired) electrons. The summed E-state index contributed by atoms with van der Waals surface area (Å²) in [5.41, 5.74) is 3.27. The van der Waals surface area contributed by atoms with E-state index in [1.165, 1.54) is 24.1 Å². The van der Waals surface area contributed by atoms with Crippen LogP contribution in [0.2, 0.25) is 0 Å². The van der Waals surface area contributed by atoms with E-state index in [2.05, 4.69) is 0 Å². The van der Waals surface area contributed by atoms with Crippen molar-refractivity contribution in [1.82, 2.24) is 0 Å². The standard InChI is InChI=1S/C22H19NO5/c1-13-5-4-6-17(11-13)23-14(2)19(22(27)28-3)18(20(23)24)12-15-7-9-16(10-8-15)21(25)26/h4-12H,1-3H3,(H,25,26)/b18-12+. The first kappa shape index (κ1) is 19.1. The zero-order chi connectivity index (χ0) is 20.4. The van der Waals surface area contributed by atoms with Crippen LogP contribution in [0.5, 0.6) is 0 Å². The fraction of sp³-hybridized carbons (Fsp3) is 0.136. The van der Waals surface area contributed by atoms with Crippen LogP contribution in [-0.4, -0.2) is 30.1 Å². The van der Waals surface area contributed by atoms with Gasteiger partial charge in [-0.2, -0.15) is 0 Å². The summed E-state index contributed by atoms with van der Waals surface area (Å²) in [7, 11) is 1.27. The maximum Gasteiger partial charge on any atom is 0.340 e. The third-order valence-corrected chi connectivity index (χ3v) is 4.52. The van der Waals surface area contributed by atoms with Gasteiger partial charge in [0.2, 0.25) is 0 Å². The Kier molecular flexibility index (Phi) is 5.13. The number of carbonyl (C=O) groups is 3. The fourth-order valence-electron chi connectivity index (χ4n) is 3.15. The first-order valence-electron chi connectivity index (χ1n) is 8.59. The number of aromatic carboxylic acids is 1. The largest absolute Gasteiger partial charge is 0.478 e. The molecule has 1 heterocycles. The van der Waals surface area contributed by atoms with Crippen LogP contribution in [0.15, 0.2) is 65.4 Å². The van der Waals surface area contributed by atoms with E-state index in [4.69, 9.17) is 9.84 Å². The Morgan fingerprint density at radius 3 is 2.32 bits per heavy atom. The summed E-state index contributed by atoms with van der Waals surface area (Å²) in [5, 5.41) is 9.02. The number of allylic oxidation sites excluding steroid dienone is 1. The van der Waals surface area contributed by atoms with Crippen molar-refractivity contribution in [2.45, 2.75) is 13.8 Å². The molecule has 1 aliphatic rings. The Labute approximate surface area is 162 Å². The van der Waals surface area contributed by atoms with E-state index < -0.39 is 11.9 Å². The van der Waals surface area contributed by atoms with E-state index in [9.17, 15) is 14.4 Å². The van der Waals surface area contributed by atoms with Gasteiger partial charge in [0.15, 0.2) is 0 Å². The Morgan fingerprint density at radius 1 is 1.07 bits per heavy atom. The van der Waals surface area contributed by atoms with E-state index in [1.807, 2.05) is 25.1 Å². The van der Waals surface area contributed by atoms with Gasteiger partial charge < -0.3 is 9.84 Å². The zero-order valence-electron chi connectivity index (χ0n) is 15.7. The van der Waals surface area contributed by atoms with Crippen LogP contribution < -0.4 is 4.90 Å². The van der Waals surface area contributed by atoms with Crippen molar-refractivity contribution in [3.63, 3.8) is 0 Å². The molecule has 0 aromatic heterocycles. The van der Waals surface area contributed by atoms with Gasteiger partial charge >= 0.3 is 11.9 Å². The number of benzene rings is 2. The Bertz CT molecular complexity index is 1030. The van der Waals surface area contributed by atoms with Gasteiger partial charge in [-0.1, -0.05) is 24.3 Å². The van der Waals surface area contributed by atoms with Crippen molar-refractivity contribution >= 4 is 29.6 Å². The number of carboxylic acids is 1.